The monoisotopic (exact) mass is 434 g/mol. The molecule has 0 atom stereocenters. The van der Waals surface area contributed by atoms with Gasteiger partial charge in [0.25, 0.3) is 0 Å². The molecule has 5 rings (SSSR count). The first-order valence-corrected chi connectivity index (χ1v) is 12.7. The Morgan fingerprint density at radius 3 is 1.41 bits per heavy atom. The largest absolute Gasteiger partial charge is 0.436 e. The van der Waals surface area contributed by atoms with Gasteiger partial charge in [-0.2, -0.15) is 4.98 Å². The number of benzene rings is 4. The highest BCUT2D eigenvalue weighted by Crippen LogP contribution is 2.55. The van der Waals surface area contributed by atoms with Gasteiger partial charge in [0.05, 0.1) is 0 Å². The number of aromatic nitrogens is 1. The summed E-state index contributed by atoms with van der Waals surface area (Å²) in [7, 11) is -2.31. The van der Waals surface area contributed by atoms with Crippen LogP contribution in [0.5, 0.6) is 0 Å². The second kappa shape index (κ2) is 8.94. The summed E-state index contributed by atoms with van der Waals surface area (Å²) in [5, 5.41) is 3.81. The summed E-state index contributed by atoms with van der Waals surface area (Å²) in [5.41, 5.74) is 2.09. The fourth-order valence-corrected chi connectivity index (χ4v) is 8.51. The summed E-state index contributed by atoms with van der Waals surface area (Å²) in [4.78, 5) is 5.19. The molecule has 0 spiro atoms. The molecule has 5 aromatic rings. The fourth-order valence-electron chi connectivity index (χ4n) is 4.28. The average molecular weight is 434 g/mol. The Bertz CT molecular complexity index is 1190. The molecular formula is C29H25NOP+. The van der Waals surface area contributed by atoms with Gasteiger partial charge in [0, 0.05) is 12.0 Å². The Morgan fingerprint density at radius 1 is 0.594 bits per heavy atom. The van der Waals surface area contributed by atoms with Gasteiger partial charge in [-0.1, -0.05) is 91.9 Å². The smallest absolute Gasteiger partial charge is 0.244 e. The van der Waals surface area contributed by atoms with E-state index in [2.05, 4.69) is 122 Å². The van der Waals surface area contributed by atoms with E-state index in [1.807, 2.05) is 6.07 Å². The molecule has 1 aromatic heterocycles. The molecule has 0 aliphatic carbocycles. The summed E-state index contributed by atoms with van der Waals surface area (Å²) >= 11 is 0. The van der Waals surface area contributed by atoms with Gasteiger partial charge in [-0.15, -0.1) is 0 Å². The highest BCUT2D eigenvalue weighted by Gasteiger charge is 2.52. The number of oxazole rings is 1. The van der Waals surface area contributed by atoms with Crippen LogP contribution in [0.15, 0.2) is 126 Å². The maximum absolute atomic E-state index is 6.44. The molecule has 0 aliphatic rings. The van der Waals surface area contributed by atoms with E-state index in [9.17, 15) is 0 Å². The predicted octanol–water partition coefficient (Wildman–Crippen LogP) is 5.52. The predicted molar refractivity (Wildman–Crippen MR) is 136 cm³/mol. The van der Waals surface area contributed by atoms with E-state index in [1.165, 1.54) is 15.9 Å². The minimum atomic E-state index is -2.31. The topological polar surface area (TPSA) is 26.0 Å². The van der Waals surface area contributed by atoms with Crippen molar-refractivity contribution in [3.63, 3.8) is 0 Å². The van der Waals surface area contributed by atoms with Crippen molar-refractivity contribution in [3.05, 3.63) is 127 Å². The molecule has 156 valence electrons. The van der Waals surface area contributed by atoms with E-state index in [0.717, 1.165) is 29.1 Å². The maximum Gasteiger partial charge on any atom is 0.244 e. The SMILES string of the molecule is CCc1nc([P+](c2ccccc2)(c2ccccc2)c2ccccc2)c(-c2ccccc2)o1. The molecule has 32 heavy (non-hydrogen) atoms. The Balaban J connectivity index is 1.94. The van der Waals surface area contributed by atoms with Gasteiger partial charge >= 0.3 is 0 Å². The molecule has 3 heteroatoms. The van der Waals surface area contributed by atoms with Crippen molar-refractivity contribution in [3.8, 4) is 11.3 Å². The van der Waals surface area contributed by atoms with Gasteiger partial charge in [-0.25, -0.2) is 0 Å². The minimum absolute atomic E-state index is 0.748. The van der Waals surface area contributed by atoms with Crippen LogP contribution in [0.4, 0.5) is 0 Å². The van der Waals surface area contributed by atoms with Crippen molar-refractivity contribution < 1.29 is 4.42 Å². The molecule has 2 nitrogen and oxygen atoms in total. The highest BCUT2D eigenvalue weighted by atomic mass is 31.2. The fraction of sp³-hybridized carbons (Fsp3) is 0.0690. The van der Waals surface area contributed by atoms with E-state index in [4.69, 9.17) is 9.40 Å². The third kappa shape index (κ3) is 3.47. The molecule has 4 aromatic carbocycles. The maximum atomic E-state index is 6.44. The molecule has 0 saturated carbocycles. The zero-order valence-corrected chi connectivity index (χ0v) is 19.0. The Morgan fingerprint density at radius 2 is 1.00 bits per heavy atom. The molecule has 0 unspecified atom stereocenters. The molecular weight excluding hydrogens is 409 g/mol. The Hall–Kier alpha value is -3.48. The Kier molecular flexibility index (Phi) is 5.71. The van der Waals surface area contributed by atoms with Crippen molar-refractivity contribution in [1.29, 1.82) is 0 Å². The average Bonchev–Trinajstić information content (AvgIpc) is 3.32. The summed E-state index contributed by atoms with van der Waals surface area (Å²) in [6.07, 6.45) is 0.748. The van der Waals surface area contributed by atoms with Crippen LogP contribution >= 0.6 is 7.26 Å². The van der Waals surface area contributed by atoms with E-state index in [0.29, 0.717) is 0 Å². The molecule has 0 bridgehead atoms. The van der Waals surface area contributed by atoms with E-state index in [1.54, 1.807) is 0 Å². The zero-order chi connectivity index (χ0) is 21.8. The summed E-state index contributed by atoms with van der Waals surface area (Å²) in [5.74, 6) is 1.64. The van der Waals surface area contributed by atoms with Crippen LogP contribution in [0.3, 0.4) is 0 Å². The first kappa shape index (κ1) is 20.4. The first-order valence-electron chi connectivity index (χ1n) is 11.0. The van der Waals surface area contributed by atoms with Crippen LogP contribution < -0.4 is 21.3 Å². The van der Waals surface area contributed by atoms with Crippen molar-refractivity contribution in [2.45, 2.75) is 13.3 Å². The minimum Gasteiger partial charge on any atom is -0.436 e. The lowest BCUT2D eigenvalue weighted by molar-refractivity contribution is 0.514. The lowest BCUT2D eigenvalue weighted by atomic mass is 10.2. The standard InChI is InChI=1S/C29H25NOP/c1-2-27-30-29(28(31-27)23-15-7-3-8-16-23)32(24-17-9-4-10-18-24,25-19-11-5-12-20-25)26-21-13-6-14-22-26/h3-22H,2H2,1H3/q+1. The summed E-state index contributed by atoms with van der Waals surface area (Å²) in [6.45, 7) is 2.10. The Labute approximate surface area is 189 Å². The molecule has 0 N–H and O–H groups in total. The quantitative estimate of drug-likeness (QED) is 0.329. The third-order valence-corrected chi connectivity index (χ3v) is 9.90. The molecule has 0 radical (unpaired) electrons. The van der Waals surface area contributed by atoms with Crippen LogP contribution in [0.25, 0.3) is 11.3 Å². The van der Waals surface area contributed by atoms with Gasteiger partial charge in [-0.05, 0) is 36.4 Å². The molecule has 1 heterocycles. The van der Waals surface area contributed by atoms with Gasteiger partial charge in [0.2, 0.25) is 5.44 Å². The number of nitrogens with zero attached hydrogens (tertiary/aromatic N) is 1. The third-order valence-electron chi connectivity index (χ3n) is 5.74. The van der Waals surface area contributed by atoms with Crippen LogP contribution in [-0.2, 0) is 6.42 Å². The van der Waals surface area contributed by atoms with Crippen LogP contribution in [0.1, 0.15) is 12.8 Å². The second-order valence-corrected chi connectivity index (χ2v) is 11.0. The number of hydrogen-bond donors (Lipinski definition) is 0. The van der Waals surface area contributed by atoms with E-state index in [-0.39, 0.29) is 0 Å². The van der Waals surface area contributed by atoms with Gasteiger partial charge in [0.15, 0.2) is 18.9 Å². The van der Waals surface area contributed by atoms with Crippen molar-refractivity contribution in [2.24, 2.45) is 0 Å². The number of aryl methyl sites for hydroxylation is 1. The number of hydrogen-bond acceptors (Lipinski definition) is 2. The van der Waals surface area contributed by atoms with Gasteiger partial charge < -0.3 is 4.42 Å². The first-order chi connectivity index (χ1) is 15.8. The molecule has 0 saturated heterocycles. The van der Waals surface area contributed by atoms with Crippen LogP contribution in [0.2, 0.25) is 0 Å². The second-order valence-electron chi connectivity index (χ2n) is 7.66. The molecule has 0 aliphatic heterocycles. The van der Waals surface area contributed by atoms with Crippen LogP contribution in [0, 0.1) is 0 Å². The van der Waals surface area contributed by atoms with Crippen molar-refractivity contribution >= 4 is 28.6 Å². The number of rotatable bonds is 6. The highest BCUT2D eigenvalue weighted by molar-refractivity contribution is 8.01. The van der Waals surface area contributed by atoms with E-state index >= 15 is 0 Å². The lowest BCUT2D eigenvalue weighted by Crippen LogP contribution is -2.40. The van der Waals surface area contributed by atoms with Gasteiger partial charge in [0.1, 0.15) is 15.9 Å². The summed E-state index contributed by atoms with van der Waals surface area (Å²) in [6, 6.07) is 42.8. The molecule has 0 amide bonds. The summed E-state index contributed by atoms with van der Waals surface area (Å²) < 4.78 is 6.44. The van der Waals surface area contributed by atoms with Crippen molar-refractivity contribution in [1.82, 2.24) is 4.98 Å². The lowest BCUT2D eigenvalue weighted by Gasteiger charge is -2.25. The normalized spacial score (nSPS) is 11.4. The zero-order valence-electron chi connectivity index (χ0n) is 18.1. The van der Waals surface area contributed by atoms with Crippen molar-refractivity contribution in [2.75, 3.05) is 0 Å². The van der Waals surface area contributed by atoms with Crippen LogP contribution in [-0.4, -0.2) is 4.98 Å². The molecule has 0 fully saturated rings. The van der Waals surface area contributed by atoms with Gasteiger partial charge in [-0.3, -0.25) is 0 Å². The van der Waals surface area contributed by atoms with E-state index < -0.39 is 7.26 Å².